The molecule has 0 aromatic heterocycles. The monoisotopic (exact) mass is 324 g/mol. The molecule has 130 valence electrons. The van der Waals surface area contributed by atoms with Crippen molar-refractivity contribution in [1.29, 1.82) is 0 Å². The van der Waals surface area contributed by atoms with Gasteiger partial charge in [-0.1, -0.05) is 32.4 Å². The fourth-order valence-electron chi connectivity index (χ4n) is 4.13. The van der Waals surface area contributed by atoms with Crippen LogP contribution in [0.2, 0.25) is 0 Å². The Morgan fingerprint density at radius 3 is 2.13 bits per heavy atom. The lowest BCUT2D eigenvalue weighted by molar-refractivity contribution is -0.188. The second-order valence-corrected chi connectivity index (χ2v) is 6.82. The molecule has 0 aromatic carbocycles. The largest absolute Gasteiger partial charge is 0.463 e. The van der Waals surface area contributed by atoms with Crippen LogP contribution in [0.25, 0.3) is 0 Å². The lowest BCUT2D eigenvalue weighted by Gasteiger charge is -2.35. The molecule has 0 aliphatic heterocycles. The molecule has 5 unspecified atom stereocenters. The summed E-state index contributed by atoms with van der Waals surface area (Å²) in [6.45, 7) is 9.65. The van der Waals surface area contributed by atoms with Crippen LogP contribution in [0.5, 0.6) is 0 Å². The summed E-state index contributed by atoms with van der Waals surface area (Å²) in [5.41, 5.74) is -1.28. The van der Waals surface area contributed by atoms with E-state index in [1.165, 1.54) is 0 Å². The van der Waals surface area contributed by atoms with E-state index in [1.807, 2.05) is 0 Å². The van der Waals surface area contributed by atoms with Crippen LogP contribution in [0.3, 0.4) is 0 Å². The number of hydrogen-bond donors (Lipinski definition) is 1. The van der Waals surface area contributed by atoms with Crippen LogP contribution in [-0.2, 0) is 19.1 Å². The zero-order valence-electron chi connectivity index (χ0n) is 14.7. The van der Waals surface area contributed by atoms with Gasteiger partial charge in [-0.05, 0) is 43.9 Å². The van der Waals surface area contributed by atoms with Crippen molar-refractivity contribution in [3.05, 3.63) is 11.6 Å². The Labute approximate surface area is 138 Å². The fraction of sp³-hybridized carbons (Fsp3) is 0.778. The Morgan fingerprint density at radius 2 is 1.74 bits per heavy atom. The van der Waals surface area contributed by atoms with Crippen LogP contribution in [0.15, 0.2) is 11.6 Å². The number of rotatable bonds is 6. The molecular weight excluding hydrogens is 296 g/mol. The molecule has 2 aliphatic carbocycles. The van der Waals surface area contributed by atoms with E-state index in [0.29, 0.717) is 23.7 Å². The van der Waals surface area contributed by atoms with Gasteiger partial charge >= 0.3 is 11.9 Å². The maximum atomic E-state index is 12.3. The normalized spacial score (nSPS) is 30.8. The van der Waals surface area contributed by atoms with Crippen molar-refractivity contribution < 1.29 is 24.2 Å². The summed E-state index contributed by atoms with van der Waals surface area (Å²) in [5, 5.41) is 10.9. The van der Waals surface area contributed by atoms with Crippen molar-refractivity contribution in [2.24, 2.45) is 29.6 Å². The molecule has 5 atom stereocenters. The van der Waals surface area contributed by atoms with Gasteiger partial charge in [0.2, 0.25) is 0 Å². The maximum absolute atomic E-state index is 12.3. The summed E-state index contributed by atoms with van der Waals surface area (Å²) in [7, 11) is 0. The first-order chi connectivity index (χ1) is 10.8. The molecule has 23 heavy (non-hydrogen) atoms. The fourth-order valence-corrected chi connectivity index (χ4v) is 4.13. The molecule has 1 N–H and O–H groups in total. The van der Waals surface area contributed by atoms with Crippen molar-refractivity contribution >= 4 is 11.9 Å². The van der Waals surface area contributed by atoms with Crippen molar-refractivity contribution in [3.8, 4) is 0 Å². The lowest BCUT2D eigenvalue weighted by Crippen LogP contribution is -2.55. The third-order valence-electron chi connectivity index (χ3n) is 5.80. The molecule has 2 rings (SSSR count). The summed E-state index contributed by atoms with van der Waals surface area (Å²) in [5.74, 6) is -0.650. The smallest absolute Gasteiger partial charge is 0.350 e. The van der Waals surface area contributed by atoms with E-state index in [1.54, 1.807) is 20.8 Å². The summed E-state index contributed by atoms with van der Waals surface area (Å²) in [6, 6.07) is 0. The third-order valence-corrected chi connectivity index (χ3v) is 5.80. The molecular formula is C18H28O5. The number of aliphatic hydroxyl groups is 1. The SMILES string of the molecule is CCOC(=O)C(O)(C(=O)OCC)C(C)C1=CC2CC1C(C)C2C. The number of hydrogen-bond acceptors (Lipinski definition) is 5. The molecule has 0 amide bonds. The lowest BCUT2D eigenvalue weighted by atomic mass is 9.72. The molecule has 5 nitrogen and oxygen atoms in total. The molecule has 5 heteroatoms. The Balaban J connectivity index is 2.33. The first-order valence-electron chi connectivity index (χ1n) is 8.57. The Hall–Kier alpha value is -1.36. The van der Waals surface area contributed by atoms with E-state index in [2.05, 4.69) is 19.9 Å². The average molecular weight is 324 g/mol. The van der Waals surface area contributed by atoms with Crippen LogP contribution in [-0.4, -0.2) is 35.9 Å². The van der Waals surface area contributed by atoms with Gasteiger partial charge in [-0.2, -0.15) is 0 Å². The van der Waals surface area contributed by atoms with Crippen LogP contribution >= 0.6 is 0 Å². The highest BCUT2D eigenvalue weighted by atomic mass is 16.6. The van der Waals surface area contributed by atoms with E-state index in [4.69, 9.17) is 9.47 Å². The molecule has 0 radical (unpaired) electrons. The van der Waals surface area contributed by atoms with Gasteiger partial charge < -0.3 is 14.6 Å². The van der Waals surface area contributed by atoms with Gasteiger partial charge in [0.05, 0.1) is 13.2 Å². The van der Waals surface area contributed by atoms with Crippen molar-refractivity contribution in [2.45, 2.75) is 46.6 Å². The van der Waals surface area contributed by atoms with Crippen LogP contribution in [0.4, 0.5) is 0 Å². The Morgan fingerprint density at radius 1 is 1.22 bits per heavy atom. The Bertz CT molecular complexity index is 492. The highest BCUT2D eigenvalue weighted by molar-refractivity contribution is 6.04. The van der Waals surface area contributed by atoms with E-state index >= 15 is 0 Å². The van der Waals surface area contributed by atoms with Crippen LogP contribution < -0.4 is 0 Å². The number of ether oxygens (including phenoxy) is 2. The first-order valence-corrected chi connectivity index (χ1v) is 8.57. The minimum atomic E-state index is -2.27. The standard InChI is InChI=1S/C18H28O5/c1-6-22-16(19)18(21,17(20)23-7-2)12(5)15-9-13-8-14(15)11(4)10(13)3/h9-14,21H,6-8H2,1-5H3. The van der Waals surface area contributed by atoms with Crippen molar-refractivity contribution in [1.82, 2.24) is 0 Å². The van der Waals surface area contributed by atoms with E-state index in [0.717, 1.165) is 12.0 Å². The number of fused-ring (bicyclic) bond motifs is 2. The molecule has 0 saturated heterocycles. The van der Waals surface area contributed by atoms with Gasteiger partial charge in [0.25, 0.3) is 5.60 Å². The van der Waals surface area contributed by atoms with Crippen LogP contribution in [0.1, 0.15) is 41.0 Å². The highest BCUT2D eigenvalue weighted by Gasteiger charge is 2.56. The second kappa shape index (κ2) is 6.63. The minimum Gasteiger partial charge on any atom is -0.463 e. The van der Waals surface area contributed by atoms with Crippen molar-refractivity contribution in [2.75, 3.05) is 13.2 Å². The predicted octanol–water partition coefficient (Wildman–Crippen LogP) is 2.33. The van der Waals surface area contributed by atoms with Gasteiger partial charge in [-0.15, -0.1) is 0 Å². The van der Waals surface area contributed by atoms with E-state index in [-0.39, 0.29) is 13.2 Å². The third kappa shape index (κ3) is 2.80. The molecule has 2 aliphatic rings. The summed E-state index contributed by atoms with van der Waals surface area (Å²) in [4.78, 5) is 24.7. The average Bonchev–Trinajstić information content (AvgIpc) is 3.06. The summed E-state index contributed by atoms with van der Waals surface area (Å²) in [6.07, 6.45) is 3.17. The molecule has 0 aromatic rings. The summed E-state index contributed by atoms with van der Waals surface area (Å²) >= 11 is 0. The van der Waals surface area contributed by atoms with Crippen LogP contribution in [0, 0.1) is 29.6 Å². The number of carbonyl (C=O) groups is 2. The molecule has 0 spiro atoms. The highest BCUT2D eigenvalue weighted by Crippen LogP contribution is 2.54. The number of allylic oxidation sites excluding steroid dienone is 1. The van der Waals surface area contributed by atoms with Gasteiger partial charge in [0.15, 0.2) is 0 Å². The van der Waals surface area contributed by atoms with E-state index < -0.39 is 23.5 Å². The van der Waals surface area contributed by atoms with Gasteiger partial charge in [-0.3, -0.25) is 0 Å². The quantitative estimate of drug-likeness (QED) is 0.461. The molecule has 2 bridgehead atoms. The molecule has 1 saturated carbocycles. The number of esters is 2. The second-order valence-electron chi connectivity index (χ2n) is 6.82. The maximum Gasteiger partial charge on any atom is 0.350 e. The minimum absolute atomic E-state index is 0.103. The molecule has 1 fully saturated rings. The zero-order valence-corrected chi connectivity index (χ0v) is 14.7. The van der Waals surface area contributed by atoms with Crippen molar-refractivity contribution in [3.63, 3.8) is 0 Å². The van der Waals surface area contributed by atoms with Gasteiger partial charge in [-0.25, -0.2) is 9.59 Å². The number of carbonyl (C=O) groups excluding carboxylic acids is 2. The van der Waals surface area contributed by atoms with E-state index in [9.17, 15) is 14.7 Å². The summed E-state index contributed by atoms with van der Waals surface area (Å²) < 4.78 is 9.93. The van der Waals surface area contributed by atoms with Gasteiger partial charge in [0.1, 0.15) is 0 Å². The molecule has 0 heterocycles. The Kier molecular flexibility index (Phi) is 5.19. The topological polar surface area (TPSA) is 72.8 Å². The zero-order chi connectivity index (χ0) is 17.4. The van der Waals surface area contributed by atoms with Gasteiger partial charge in [0, 0.05) is 5.92 Å². The predicted molar refractivity (Wildman–Crippen MR) is 85.4 cm³/mol. The first kappa shape index (κ1) is 18.0.